The fourth-order valence-corrected chi connectivity index (χ4v) is 3.31. The Morgan fingerprint density at radius 1 is 1.35 bits per heavy atom. The molecule has 3 rings (SSSR count). The predicted molar refractivity (Wildman–Crippen MR) is 91.8 cm³/mol. The average Bonchev–Trinajstić information content (AvgIpc) is 2.51. The van der Waals surface area contributed by atoms with Crippen molar-refractivity contribution < 1.29 is 5.11 Å². The lowest BCUT2D eigenvalue weighted by molar-refractivity contribution is 0.292. The largest absolute Gasteiger partial charge is 0.396 e. The molecule has 0 aliphatic heterocycles. The fraction of sp³-hybridized carbons (Fsp3) is 0.444. The molecule has 5 heteroatoms. The second-order valence-electron chi connectivity index (χ2n) is 6.74. The Labute approximate surface area is 136 Å². The van der Waals surface area contributed by atoms with Gasteiger partial charge in [0.25, 0.3) is 5.56 Å². The highest BCUT2D eigenvalue weighted by molar-refractivity contribution is 5.72. The van der Waals surface area contributed by atoms with E-state index in [1.807, 2.05) is 18.2 Å². The predicted octanol–water partition coefficient (Wildman–Crippen LogP) is 2.08. The molecule has 2 N–H and O–H groups in total. The number of anilines is 1. The number of aliphatic hydroxyl groups excluding tert-OH is 1. The van der Waals surface area contributed by atoms with Gasteiger partial charge in [0.1, 0.15) is 0 Å². The molecule has 0 amide bonds. The Kier molecular flexibility index (Phi) is 3.98. The lowest BCUT2D eigenvalue weighted by Gasteiger charge is -2.33. The molecule has 0 bridgehead atoms. The third-order valence-electron chi connectivity index (χ3n) is 4.49. The summed E-state index contributed by atoms with van der Waals surface area (Å²) in [6.45, 7) is 4.90. The van der Waals surface area contributed by atoms with Crippen molar-refractivity contribution in [1.82, 2.24) is 9.55 Å². The molecule has 23 heavy (non-hydrogen) atoms. The normalized spacial score (nSPS) is 15.0. The zero-order valence-corrected chi connectivity index (χ0v) is 13.9. The number of hydrogen-bond acceptors (Lipinski definition) is 4. The summed E-state index contributed by atoms with van der Waals surface area (Å²) in [6, 6.07) is 8.16. The Bertz CT molecular complexity index is 793. The van der Waals surface area contributed by atoms with Crippen molar-refractivity contribution in [2.24, 2.45) is 7.05 Å². The van der Waals surface area contributed by atoms with Gasteiger partial charge in [0.05, 0.1) is 5.69 Å². The van der Waals surface area contributed by atoms with Crippen LogP contribution >= 0.6 is 0 Å². The van der Waals surface area contributed by atoms with Crippen molar-refractivity contribution in [3.63, 3.8) is 0 Å². The van der Waals surface area contributed by atoms with Crippen molar-refractivity contribution in [2.75, 3.05) is 18.5 Å². The molecule has 0 spiro atoms. The summed E-state index contributed by atoms with van der Waals surface area (Å²) in [5.74, 6) is 0.551. The summed E-state index contributed by atoms with van der Waals surface area (Å²) in [5, 5.41) is 12.1. The minimum Gasteiger partial charge on any atom is -0.396 e. The highest BCUT2D eigenvalue weighted by Gasteiger charge is 2.35. The van der Waals surface area contributed by atoms with Crippen LogP contribution in [0.1, 0.15) is 31.4 Å². The molecule has 0 unspecified atom stereocenters. The number of aromatic nitrogens is 2. The summed E-state index contributed by atoms with van der Waals surface area (Å²) >= 11 is 0. The van der Waals surface area contributed by atoms with Gasteiger partial charge in [-0.2, -0.15) is 0 Å². The van der Waals surface area contributed by atoms with E-state index >= 15 is 0 Å². The van der Waals surface area contributed by atoms with Crippen LogP contribution in [0.15, 0.2) is 29.1 Å². The van der Waals surface area contributed by atoms with Gasteiger partial charge in [-0.05, 0) is 18.4 Å². The van der Waals surface area contributed by atoms with Gasteiger partial charge in [-0.25, -0.2) is 4.98 Å². The van der Waals surface area contributed by atoms with Gasteiger partial charge in [0.2, 0.25) is 5.95 Å². The van der Waals surface area contributed by atoms with E-state index in [0.29, 0.717) is 18.9 Å². The van der Waals surface area contributed by atoms with Crippen LogP contribution in [-0.2, 0) is 18.9 Å². The van der Waals surface area contributed by atoms with E-state index in [1.165, 1.54) is 5.56 Å². The summed E-state index contributed by atoms with van der Waals surface area (Å²) < 4.78 is 1.58. The second kappa shape index (κ2) is 5.81. The molecular formula is C18H23N3O2. The second-order valence-corrected chi connectivity index (χ2v) is 6.74. The van der Waals surface area contributed by atoms with Crippen LogP contribution < -0.4 is 10.9 Å². The molecule has 0 fully saturated rings. The summed E-state index contributed by atoms with van der Waals surface area (Å²) in [7, 11) is 1.74. The van der Waals surface area contributed by atoms with Crippen molar-refractivity contribution in [3.05, 3.63) is 45.7 Å². The first-order chi connectivity index (χ1) is 11.0. The van der Waals surface area contributed by atoms with Gasteiger partial charge in [0, 0.05) is 36.7 Å². The minimum atomic E-state index is -0.241. The molecule has 122 valence electrons. The van der Waals surface area contributed by atoms with Crippen LogP contribution in [0, 0.1) is 0 Å². The number of nitrogens with zero attached hydrogens (tertiary/aromatic N) is 2. The van der Waals surface area contributed by atoms with Crippen molar-refractivity contribution in [1.29, 1.82) is 0 Å². The first-order valence-corrected chi connectivity index (χ1v) is 8.00. The number of aliphatic hydroxyl groups is 1. The molecule has 1 aliphatic rings. The molecule has 0 radical (unpaired) electrons. The van der Waals surface area contributed by atoms with E-state index in [1.54, 1.807) is 11.6 Å². The van der Waals surface area contributed by atoms with Crippen LogP contribution in [0.25, 0.3) is 11.3 Å². The molecule has 2 aromatic rings. The van der Waals surface area contributed by atoms with E-state index < -0.39 is 0 Å². The van der Waals surface area contributed by atoms with Crippen LogP contribution in [-0.4, -0.2) is 27.8 Å². The van der Waals surface area contributed by atoms with E-state index in [2.05, 4.69) is 25.2 Å². The Hall–Kier alpha value is -2.14. The number of benzene rings is 1. The topological polar surface area (TPSA) is 67.2 Å². The van der Waals surface area contributed by atoms with Crippen molar-refractivity contribution in [3.8, 4) is 11.3 Å². The summed E-state index contributed by atoms with van der Waals surface area (Å²) in [5.41, 5.74) is 3.60. The Morgan fingerprint density at radius 2 is 2.09 bits per heavy atom. The highest BCUT2D eigenvalue weighted by atomic mass is 16.3. The molecule has 0 saturated heterocycles. The Balaban J connectivity index is 2.19. The van der Waals surface area contributed by atoms with Gasteiger partial charge in [-0.1, -0.05) is 38.1 Å². The third kappa shape index (κ3) is 2.65. The maximum Gasteiger partial charge on any atom is 0.259 e. The molecular weight excluding hydrogens is 290 g/mol. The summed E-state index contributed by atoms with van der Waals surface area (Å²) in [6.07, 6.45) is 1.46. The first-order valence-electron chi connectivity index (χ1n) is 8.00. The van der Waals surface area contributed by atoms with Gasteiger partial charge < -0.3 is 10.4 Å². The smallest absolute Gasteiger partial charge is 0.259 e. The molecule has 1 heterocycles. The molecule has 1 aliphatic carbocycles. The maximum absolute atomic E-state index is 12.9. The average molecular weight is 313 g/mol. The molecule has 5 nitrogen and oxygen atoms in total. The van der Waals surface area contributed by atoms with Crippen molar-refractivity contribution in [2.45, 2.75) is 32.1 Å². The van der Waals surface area contributed by atoms with Crippen LogP contribution in [0.4, 0.5) is 5.95 Å². The highest BCUT2D eigenvalue weighted by Crippen LogP contribution is 2.40. The van der Waals surface area contributed by atoms with Crippen molar-refractivity contribution >= 4 is 5.95 Å². The molecule has 1 aromatic carbocycles. The first kappa shape index (κ1) is 15.7. The monoisotopic (exact) mass is 313 g/mol. The minimum absolute atomic E-state index is 0.000927. The molecule has 0 atom stereocenters. The lowest BCUT2D eigenvalue weighted by atomic mass is 9.72. The van der Waals surface area contributed by atoms with E-state index in [0.717, 1.165) is 23.2 Å². The maximum atomic E-state index is 12.9. The van der Waals surface area contributed by atoms with Gasteiger partial charge in [0.15, 0.2) is 0 Å². The van der Waals surface area contributed by atoms with Crippen LogP contribution in [0.3, 0.4) is 0 Å². The zero-order valence-electron chi connectivity index (χ0n) is 13.9. The molecule has 1 aromatic heterocycles. The standard InChI is InChI=1S/C18H23N3O2/c1-18(2)11-12-7-4-5-8-13(12)15-14(18)16(23)21(3)17(20-15)19-9-6-10-22/h4-5,7-8,22H,6,9-11H2,1-3H3,(H,19,20). The van der Waals surface area contributed by atoms with Crippen LogP contribution in [0.5, 0.6) is 0 Å². The number of hydrogen-bond donors (Lipinski definition) is 2. The fourth-order valence-electron chi connectivity index (χ4n) is 3.31. The number of nitrogens with one attached hydrogen (secondary N) is 1. The number of fused-ring (bicyclic) bond motifs is 3. The van der Waals surface area contributed by atoms with E-state index in [-0.39, 0.29) is 17.6 Å². The zero-order chi connectivity index (χ0) is 16.6. The number of rotatable bonds is 4. The summed E-state index contributed by atoms with van der Waals surface area (Å²) in [4.78, 5) is 17.7. The van der Waals surface area contributed by atoms with Gasteiger partial charge in [-0.3, -0.25) is 9.36 Å². The van der Waals surface area contributed by atoms with Gasteiger partial charge >= 0.3 is 0 Å². The van der Waals surface area contributed by atoms with Crippen LogP contribution in [0.2, 0.25) is 0 Å². The third-order valence-corrected chi connectivity index (χ3v) is 4.49. The van der Waals surface area contributed by atoms with E-state index in [4.69, 9.17) is 10.1 Å². The van der Waals surface area contributed by atoms with E-state index in [9.17, 15) is 4.79 Å². The van der Waals surface area contributed by atoms with Gasteiger partial charge in [-0.15, -0.1) is 0 Å². The Morgan fingerprint density at radius 3 is 2.83 bits per heavy atom. The quantitative estimate of drug-likeness (QED) is 0.848. The SMILES string of the molecule is Cn1c(NCCCO)nc2c(c1=O)C(C)(C)Cc1ccccc1-2. The lowest BCUT2D eigenvalue weighted by Crippen LogP contribution is -2.37. The molecule has 0 saturated carbocycles.